The van der Waals surface area contributed by atoms with Crippen molar-refractivity contribution < 1.29 is 0 Å². The topological polar surface area (TPSA) is 38.0 Å². The number of piperidine rings is 1. The van der Waals surface area contributed by atoms with E-state index in [1.54, 1.807) is 11.1 Å². The molecule has 2 unspecified atom stereocenters. The lowest BCUT2D eigenvalue weighted by molar-refractivity contribution is 0.320. The first-order valence-corrected chi connectivity index (χ1v) is 6.92. The largest absolute Gasteiger partial charge is 0.330 e. The number of benzene rings is 1. The number of fused-ring (bicyclic) bond motifs is 1. The highest BCUT2D eigenvalue weighted by Gasteiger charge is 2.21. The molecule has 0 amide bonds. The van der Waals surface area contributed by atoms with Crippen LogP contribution in [-0.2, 0) is 12.8 Å². The first-order chi connectivity index (χ1) is 8.36. The molecule has 1 saturated heterocycles. The summed E-state index contributed by atoms with van der Waals surface area (Å²) in [7, 11) is 0. The standard InChI is InChI=1S/C15H22N2/c16-9-11-4-7-15(17-10-11)14-6-5-12-2-1-3-13(12)8-14/h5-6,8,11,15,17H,1-4,7,9-10,16H2. The fourth-order valence-corrected chi connectivity index (χ4v) is 3.21. The number of hydrogen-bond acceptors (Lipinski definition) is 2. The van der Waals surface area contributed by atoms with Gasteiger partial charge in [-0.2, -0.15) is 0 Å². The molecule has 3 rings (SSSR count). The minimum Gasteiger partial charge on any atom is -0.330 e. The molecule has 1 aromatic carbocycles. The van der Waals surface area contributed by atoms with E-state index >= 15 is 0 Å². The van der Waals surface area contributed by atoms with Gasteiger partial charge in [0, 0.05) is 6.04 Å². The van der Waals surface area contributed by atoms with Gasteiger partial charge in [0.05, 0.1) is 0 Å². The highest BCUT2D eigenvalue weighted by molar-refractivity contribution is 5.36. The van der Waals surface area contributed by atoms with Gasteiger partial charge in [-0.3, -0.25) is 0 Å². The molecule has 2 atom stereocenters. The number of hydrogen-bond donors (Lipinski definition) is 2. The van der Waals surface area contributed by atoms with Crippen LogP contribution in [0.15, 0.2) is 18.2 Å². The second-order valence-corrected chi connectivity index (χ2v) is 5.52. The van der Waals surface area contributed by atoms with Gasteiger partial charge >= 0.3 is 0 Å². The molecule has 0 radical (unpaired) electrons. The fraction of sp³-hybridized carbons (Fsp3) is 0.600. The van der Waals surface area contributed by atoms with Crippen LogP contribution < -0.4 is 11.1 Å². The molecule has 0 aromatic heterocycles. The summed E-state index contributed by atoms with van der Waals surface area (Å²) in [5.74, 6) is 0.681. The van der Waals surface area contributed by atoms with E-state index in [4.69, 9.17) is 5.73 Å². The third-order valence-corrected chi connectivity index (χ3v) is 4.37. The minimum absolute atomic E-state index is 0.559. The van der Waals surface area contributed by atoms with Gasteiger partial charge in [0.15, 0.2) is 0 Å². The normalized spacial score (nSPS) is 28.1. The molecule has 1 heterocycles. The first kappa shape index (κ1) is 11.2. The Morgan fingerprint density at radius 3 is 2.82 bits per heavy atom. The van der Waals surface area contributed by atoms with Crippen molar-refractivity contribution >= 4 is 0 Å². The summed E-state index contributed by atoms with van der Waals surface area (Å²) in [6.45, 7) is 1.90. The summed E-state index contributed by atoms with van der Waals surface area (Å²) in [5, 5.41) is 3.65. The maximum absolute atomic E-state index is 5.72. The van der Waals surface area contributed by atoms with E-state index < -0.39 is 0 Å². The molecule has 2 aliphatic rings. The summed E-state index contributed by atoms with van der Waals surface area (Å²) in [6, 6.07) is 7.66. The Labute approximate surface area is 104 Å². The summed E-state index contributed by atoms with van der Waals surface area (Å²) in [6.07, 6.45) is 6.41. The lowest BCUT2D eigenvalue weighted by atomic mass is 9.90. The smallest absolute Gasteiger partial charge is 0.0320 e. The summed E-state index contributed by atoms with van der Waals surface area (Å²) in [4.78, 5) is 0. The van der Waals surface area contributed by atoms with Crippen molar-refractivity contribution in [2.75, 3.05) is 13.1 Å². The zero-order valence-corrected chi connectivity index (χ0v) is 10.4. The minimum atomic E-state index is 0.559. The molecule has 0 bridgehead atoms. The second-order valence-electron chi connectivity index (χ2n) is 5.52. The third-order valence-electron chi connectivity index (χ3n) is 4.37. The monoisotopic (exact) mass is 230 g/mol. The molecule has 0 spiro atoms. The van der Waals surface area contributed by atoms with Crippen LogP contribution >= 0.6 is 0 Å². The van der Waals surface area contributed by atoms with Crippen molar-refractivity contribution in [2.24, 2.45) is 11.7 Å². The van der Waals surface area contributed by atoms with Gasteiger partial charge in [0.1, 0.15) is 0 Å². The molecule has 1 aliphatic heterocycles. The Balaban J connectivity index is 1.72. The average Bonchev–Trinajstić information content (AvgIpc) is 2.86. The Morgan fingerprint density at radius 1 is 1.18 bits per heavy atom. The van der Waals surface area contributed by atoms with Gasteiger partial charge in [0.2, 0.25) is 0 Å². The zero-order valence-electron chi connectivity index (χ0n) is 10.4. The number of nitrogens with two attached hydrogens (primary N) is 1. The van der Waals surface area contributed by atoms with Crippen LogP contribution in [0.4, 0.5) is 0 Å². The lowest BCUT2D eigenvalue weighted by Gasteiger charge is -2.29. The van der Waals surface area contributed by atoms with E-state index in [2.05, 4.69) is 23.5 Å². The van der Waals surface area contributed by atoms with Crippen molar-refractivity contribution in [3.8, 4) is 0 Å². The van der Waals surface area contributed by atoms with Gasteiger partial charge in [-0.25, -0.2) is 0 Å². The predicted molar refractivity (Wildman–Crippen MR) is 71.0 cm³/mol. The van der Waals surface area contributed by atoms with Gasteiger partial charge in [-0.05, 0) is 67.8 Å². The van der Waals surface area contributed by atoms with Crippen molar-refractivity contribution in [1.29, 1.82) is 0 Å². The second kappa shape index (κ2) is 4.79. The molecule has 0 saturated carbocycles. The Hall–Kier alpha value is -0.860. The van der Waals surface area contributed by atoms with Crippen LogP contribution in [0.5, 0.6) is 0 Å². The lowest BCUT2D eigenvalue weighted by Crippen LogP contribution is -2.36. The van der Waals surface area contributed by atoms with Crippen LogP contribution in [0.25, 0.3) is 0 Å². The molecular weight excluding hydrogens is 208 g/mol. The van der Waals surface area contributed by atoms with Crippen molar-refractivity contribution in [3.05, 3.63) is 34.9 Å². The van der Waals surface area contributed by atoms with Gasteiger partial charge in [0.25, 0.3) is 0 Å². The Bertz CT molecular complexity index is 392. The molecule has 3 N–H and O–H groups in total. The van der Waals surface area contributed by atoms with E-state index in [1.165, 1.54) is 37.7 Å². The molecule has 2 nitrogen and oxygen atoms in total. The first-order valence-electron chi connectivity index (χ1n) is 6.92. The third kappa shape index (κ3) is 2.24. The molecule has 1 fully saturated rings. The summed E-state index contributed by atoms with van der Waals surface area (Å²) >= 11 is 0. The molecule has 17 heavy (non-hydrogen) atoms. The van der Waals surface area contributed by atoms with Crippen LogP contribution in [-0.4, -0.2) is 13.1 Å². The van der Waals surface area contributed by atoms with E-state index in [0.717, 1.165) is 13.1 Å². The number of rotatable bonds is 2. The quantitative estimate of drug-likeness (QED) is 0.817. The van der Waals surface area contributed by atoms with E-state index in [0.29, 0.717) is 12.0 Å². The maximum atomic E-state index is 5.72. The van der Waals surface area contributed by atoms with E-state index in [-0.39, 0.29) is 0 Å². The number of nitrogens with one attached hydrogen (secondary N) is 1. The van der Waals surface area contributed by atoms with E-state index in [1.807, 2.05) is 0 Å². The fourth-order valence-electron chi connectivity index (χ4n) is 3.21. The van der Waals surface area contributed by atoms with Crippen LogP contribution in [0.1, 0.15) is 42.0 Å². The summed E-state index contributed by atoms with van der Waals surface area (Å²) < 4.78 is 0. The molecule has 2 heteroatoms. The molecule has 1 aromatic rings. The highest BCUT2D eigenvalue weighted by Crippen LogP contribution is 2.29. The molecular formula is C15H22N2. The van der Waals surface area contributed by atoms with Crippen LogP contribution in [0.3, 0.4) is 0 Å². The maximum Gasteiger partial charge on any atom is 0.0320 e. The molecule has 1 aliphatic carbocycles. The van der Waals surface area contributed by atoms with Gasteiger partial charge in [-0.1, -0.05) is 18.2 Å². The molecule has 92 valence electrons. The van der Waals surface area contributed by atoms with Crippen molar-refractivity contribution in [1.82, 2.24) is 5.32 Å². The van der Waals surface area contributed by atoms with Gasteiger partial charge < -0.3 is 11.1 Å². The highest BCUT2D eigenvalue weighted by atomic mass is 14.9. The van der Waals surface area contributed by atoms with Crippen LogP contribution in [0.2, 0.25) is 0 Å². The average molecular weight is 230 g/mol. The Kier molecular flexibility index (Phi) is 3.17. The number of aryl methyl sites for hydroxylation is 2. The van der Waals surface area contributed by atoms with E-state index in [9.17, 15) is 0 Å². The SMILES string of the molecule is NCC1CCC(c2ccc3c(c2)CCC3)NC1. The van der Waals surface area contributed by atoms with Gasteiger partial charge in [-0.15, -0.1) is 0 Å². The van der Waals surface area contributed by atoms with Crippen molar-refractivity contribution in [3.63, 3.8) is 0 Å². The predicted octanol–water partition coefficient (Wildman–Crippen LogP) is 2.17. The van der Waals surface area contributed by atoms with Crippen LogP contribution in [0, 0.1) is 5.92 Å². The summed E-state index contributed by atoms with van der Waals surface area (Å²) in [5.41, 5.74) is 10.4. The Morgan fingerprint density at radius 2 is 2.06 bits per heavy atom. The van der Waals surface area contributed by atoms with Crippen molar-refractivity contribution in [2.45, 2.75) is 38.1 Å². The zero-order chi connectivity index (χ0) is 11.7.